The van der Waals surface area contributed by atoms with Crippen LogP contribution in [0.4, 0.5) is 0 Å². The highest BCUT2D eigenvalue weighted by Crippen LogP contribution is 2.30. The lowest BCUT2D eigenvalue weighted by molar-refractivity contribution is 0.470. The molecule has 0 fully saturated rings. The van der Waals surface area contributed by atoms with Crippen molar-refractivity contribution < 1.29 is 13.5 Å². The summed E-state index contributed by atoms with van der Waals surface area (Å²) in [4.78, 5) is 0.299. The Labute approximate surface area is 76.5 Å². The number of sulfonamides is 1. The van der Waals surface area contributed by atoms with Crippen LogP contribution in [0.15, 0.2) is 23.1 Å². The summed E-state index contributed by atoms with van der Waals surface area (Å²) in [5.74, 6) is 0.101. The molecule has 0 amide bonds. The van der Waals surface area contributed by atoms with E-state index in [0.717, 1.165) is 0 Å². The fraction of sp³-hybridized carbons (Fsp3) is 0.250. The van der Waals surface area contributed by atoms with Crippen molar-refractivity contribution in [3.05, 3.63) is 23.8 Å². The second kappa shape index (κ2) is 2.46. The Balaban J connectivity index is 2.69. The number of fused-ring (bicyclic) bond motifs is 1. The van der Waals surface area contributed by atoms with Crippen molar-refractivity contribution in [3.63, 3.8) is 0 Å². The van der Waals surface area contributed by atoms with Crippen molar-refractivity contribution >= 4 is 10.0 Å². The van der Waals surface area contributed by atoms with Crippen LogP contribution in [0.5, 0.6) is 5.75 Å². The Hall–Kier alpha value is -1.07. The summed E-state index contributed by atoms with van der Waals surface area (Å²) in [6, 6.07) is 4.30. The van der Waals surface area contributed by atoms with Gasteiger partial charge in [-0.05, 0) is 23.8 Å². The predicted molar refractivity (Wildman–Crippen MR) is 46.8 cm³/mol. The monoisotopic (exact) mass is 199 g/mol. The Kier molecular flexibility index (Phi) is 1.61. The standard InChI is InChI=1S/C8H9NO3S/c1-9-5-6-4-7(10)2-3-8(6)13(9,11)12/h2-4,10H,5H2,1H3. The molecule has 1 heterocycles. The zero-order valence-electron chi connectivity index (χ0n) is 7.06. The van der Waals surface area contributed by atoms with Gasteiger partial charge in [-0.25, -0.2) is 8.42 Å². The smallest absolute Gasteiger partial charge is 0.243 e. The first-order chi connectivity index (χ1) is 6.01. The molecular formula is C8H9NO3S. The lowest BCUT2D eigenvalue weighted by Gasteiger charge is -2.04. The molecule has 0 atom stereocenters. The molecule has 4 nitrogen and oxygen atoms in total. The van der Waals surface area contributed by atoms with Gasteiger partial charge in [0, 0.05) is 13.6 Å². The van der Waals surface area contributed by atoms with Crippen molar-refractivity contribution in [2.75, 3.05) is 7.05 Å². The summed E-state index contributed by atoms with van der Waals surface area (Å²) in [6.45, 7) is 0.339. The van der Waals surface area contributed by atoms with Gasteiger partial charge in [0.1, 0.15) is 5.75 Å². The van der Waals surface area contributed by atoms with Crippen molar-refractivity contribution in [1.82, 2.24) is 4.31 Å². The van der Waals surface area contributed by atoms with E-state index in [4.69, 9.17) is 5.11 Å². The Bertz CT molecular complexity index is 452. The summed E-state index contributed by atoms with van der Waals surface area (Å²) in [6.07, 6.45) is 0. The van der Waals surface area contributed by atoms with Crippen molar-refractivity contribution in [2.45, 2.75) is 11.4 Å². The van der Waals surface area contributed by atoms with Crippen LogP contribution < -0.4 is 0 Å². The normalized spacial score (nSPS) is 20.1. The molecule has 0 unspecified atom stereocenters. The molecule has 5 heteroatoms. The molecule has 0 aliphatic carbocycles. The number of nitrogens with zero attached hydrogens (tertiary/aromatic N) is 1. The highest BCUT2D eigenvalue weighted by molar-refractivity contribution is 7.89. The zero-order chi connectivity index (χ0) is 9.64. The van der Waals surface area contributed by atoms with Gasteiger partial charge in [0.2, 0.25) is 10.0 Å². The summed E-state index contributed by atoms with van der Waals surface area (Å²) in [5, 5.41) is 9.14. The van der Waals surface area contributed by atoms with Gasteiger partial charge in [0.15, 0.2) is 0 Å². The highest BCUT2D eigenvalue weighted by atomic mass is 32.2. The second-order valence-electron chi connectivity index (χ2n) is 3.05. The van der Waals surface area contributed by atoms with Gasteiger partial charge in [-0.3, -0.25) is 0 Å². The van der Waals surface area contributed by atoms with E-state index >= 15 is 0 Å². The van der Waals surface area contributed by atoms with Crippen LogP contribution in [0, 0.1) is 0 Å². The van der Waals surface area contributed by atoms with E-state index in [0.29, 0.717) is 17.0 Å². The molecule has 1 N–H and O–H groups in total. The van der Waals surface area contributed by atoms with Crippen LogP contribution in [0.2, 0.25) is 0 Å². The molecule has 1 aliphatic heterocycles. The molecule has 13 heavy (non-hydrogen) atoms. The molecule has 2 rings (SSSR count). The summed E-state index contributed by atoms with van der Waals surface area (Å²) >= 11 is 0. The number of benzene rings is 1. The molecule has 70 valence electrons. The first-order valence-electron chi connectivity index (χ1n) is 3.80. The number of hydrogen-bond acceptors (Lipinski definition) is 3. The van der Waals surface area contributed by atoms with Crippen LogP contribution in [0.25, 0.3) is 0 Å². The van der Waals surface area contributed by atoms with Gasteiger partial charge in [-0.1, -0.05) is 0 Å². The van der Waals surface area contributed by atoms with Crippen LogP contribution in [-0.4, -0.2) is 24.9 Å². The zero-order valence-corrected chi connectivity index (χ0v) is 7.87. The van der Waals surface area contributed by atoms with Crippen LogP contribution in [0.3, 0.4) is 0 Å². The summed E-state index contributed by atoms with van der Waals surface area (Å²) in [7, 11) is -1.76. The maximum Gasteiger partial charge on any atom is 0.243 e. The number of hydrogen-bond donors (Lipinski definition) is 1. The fourth-order valence-electron chi connectivity index (χ4n) is 1.43. The third kappa shape index (κ3) is 1.12. The van der Waals surface area contributed by atoms with E-state index in [1.54, 1.807) is 0 Å². The largest absolute Gasteiger partial charge is 0.508 e. The molecule has 0 spiro atoms. The summed E-state index contributed by atoms with van der Waals surface area (Å²) in [5.41, 5.74) is 0.655. The molecule has 1 aliphatic rings. The quantitative estimate of drug-likeness (QED) is 0.663. The van der Waals surface area contributed by atoms with E-state index < -0.39 is 10.0 Å². The molecule has 0 saturated heterocycles. The topological polar surface area (TPSA) is 57.6 Å². The molecule has 0 saturated carbocycles. The van der Waals surface area contributed by atoms with Gasteiger partial charge < -0.3 is 5.11 Å². The summed E-state index contributed by atoms with van der Waals surface area (Å²) < 4.78 is 24.3. The van der Waals surface area contributed by atoms with Gasteiger partial charge in [0.25, 0.3) is 0 Å². The maximum atomic E-state index is 11.5. The van der Waals surface area contributed by atoms with E-state index in [1.807, 2.05) is 0 Å². The Morgan fingerprint density at radius 2 is 2.15 bits per heavy atom. The molecule has 0 bridgehead atoms. The predicted octanol–water partition coefficient (Wildman–Crippen LogP) is 0.526. The Morgan fingerprint density at radius 3 is 2.85 bits per heavy atom. The second-order valence-corrected chi connectivity index (χ2v) is 5.07. The molecule has 0 aromatic heterocycles. The fourth-order valence-corrected chi connectivity index (χ4v) is 2.77. The third-order valence-corrected chi connectivity index (χ3v) is 4.03. The number of phenols is 1. The lowest BCUT2D eigenvalue weighted by atomic mass is 10.2. The highest BCUT2D eigenvalue weighted by Gasteiger charge is 2.31. The lowest BCUT2D eigenvalue weighted by Crippen LogP contribution is -2.18. The molecular weight excluding hydrogens is 190 g/mol. The van der Waals surface area contributed by atoms with E-state index in [2.05, 4.69) is 0 Å². The van der Waals surface area contributed by atoms with Crippen molar-refractivity contribution in [2.24, 2.45) is 0 Å². The minimum atomic E-state index is -3.28. The van der Waals surface area contributed by atoms with E-state index in [-0.39, 0.29) is 5.75 Å². The minimum Gasteiger partial charge on any atom is -0.508 e. The molecule has 1 aromatic rings. The van der Waals surface area contributed by atoms with Crippen LogP contribution in [-0.2, 0) is 16.6 Å². The van der Waals surface area contributed by atoms with E-state index in [1.165, 1.54) is 29.6 Å². The number of aromatic hydroxyl groups is 1. The third-order valence-electron chi connectivity index (χ3n) is 2.13. The van der Waals surface area contributed by atoms with Crippen LogP contribution in [0.1, 0.15) is 5.56 Å². The van der Waals surface area contributed by atoms with E-state index in [9.17, 15) is 8.42 Å². The molecule has 0 radical (unpaired) electrons. The number of phenolic OH excluding ortho intramolecular Hbond substituents is 1. The SMILES string of the molecule is CN1Cc2cc(O)ccc2S1(=O)=O. The average Bonchev–Trinajstić information content (AvgIpc) is 2.23. The van der Waals surface area contributed by atoms with Crippen molar-refractivity contribution in [3.8, 4) is 5.75 Å². The number of rotatable bonds is 0. The van der Waals surface area contributed by atoms with Crippen molar-refractivity contribution in [1.29, 1.82) is 0 Å². The first-order valence-corrected chi connectivity index (χ1v) is 5.24. The maximum absolute atomic E-state index is 11.5. The van der Waals surface area contributed by atoms with Gasteiger partial charge in [0.05, 0.1) is 4.90 Å². The Morgan fingerprint density at radius 1 is 1.46 bits per heavy atom. The van der Waals surface area contributed by atoms with Crippen LogP contribution >= 0.6 is 0 Å². The first kappa shape index (κ1) is 8.52. The van der Waals surface area contributed by atoms with Gasteiger partial charge >= 0.3 is 0 Å². The molecule has 1 aromatic carbocycles. The van der Waals surface area contributed by atoms with Gasteiger partial charge in [-0.2, -0.15) is 4.31 Å². The van der Waals surface area contributed by atoms with Gasteiger partial charge in [-0.15, -0.1) is 0 Å². The minimum absolute atomic E-state index is 0.101. The average molecular weight is 199 g/mol.